The average molecular weight is 451 g/mol. The number of aliphatic hydroxyl groups excluding tert-OH is 1. The Hall–Kier alpha value is -1.89. The first kappa shape index (κ1) is 26.4. The van der Waals surface area contributed by atoms with Gasteiger partial charge < -0.3 is 20.1 Å². The van der Waals surface area contributed by atoms with E-state index in [1.54, 1.807) is 11.8 Å². The van der Waals surface area contributed by atoms with E-state index in [1.807, 2.05) is 19.1 Å². The summed E-state index contributed by atoms with van der Waals surface area (Å²) < 4.78 is 5.35. The lowest BCUT2D eigenvalue weighted by atomic mass is 9.69. The molecular weight excluding hydrogens is 408 g/mol. The molecule has 2 rings (SSSR count). The average Bonchev–Trinajstić information content (AvgIpc) is 3.07. The van der Waals surface area contributed by atoms with Crippen LogP contribution in [0.2, 0.25) is 0 Å². The van der Waals surface area contributed by atoms with Gasteiger partial charge in [-0.3, -0.25) is 14.4 Å². The van der Waals surface area contributed by atoms with Gasteiger partial charge in [0.2, 0.25) is 11.8 Å². The van der Waals surface area contributed by atoms with Gasteiger partial charge in [0.1, 0.15) is 6.04 Å². The van der Waals surface area contributed by atoms with Gasteiger partial charge in [-0.2, -0.15) is 0 Å². The molecule has 1 fully saturated rings. The molecule has 0 spiro atoms. The van der Waals surface area contributed by atoms with E-state index in [1.165, 1.54) is 0 Å². The van der Waals surface area contributed by atoms with Crippen LogP contribution in [0.4, 0.5) is 0 Å². The Bertz CT molecular complexity index is 650. The summed E-state index contributed by atoms with van der Waals surface area (Å²) in [4.78, 5) is 41.4. The van der Waals surface area contributed by atoms with Crippen molar-refractivity contribution >= 4 is 17.8 Å². The fourth-order valence-corrected chi connectivity index (χ4v) is 5.13. The number of esters is 1. The molecule has 0 radical (unpaired) electrons. The monoisotopic (exact) mass is 450 g/mol. The highest BCUT2D eigenvalue weighted by Gasteiger charge is 2.57. The predicted molar refractivity (Wildman–Crippen MR) is 124 cm³/mol. The largest absolute Gasteiger partial charge is 0.466 e. The van der Waals surface area contributed by atoms with Gasteiger partial charge in [0, 0.05) is 25.6 Å². The highest BCUT2D eigenvalue weighted by molar-refractivity contribution is 5.96. The summed E-state index contributed by atoms with van der Waals surface area (Å²) in [6.07, 6.45) is 11.1. The van der Waals surface area contributed by atoms with Crippen LogP contribution in [0, 0.1) is 23.7 Å². The molecule has 1 aliphatic heterocycles. The van der Waals surface area contributed by atoms with Gasteiger partial charge in [0.15, 0.2) is 0 Å². The highest BCUT2D eigenvalue weighted by Crippen LogP contribution is 2.45. The minimum atomic E-state index is -0.585. The third-order valence-corrected chi connectivity index (χ3v) is 6.80. The second-order valence-electron chi connectivity index (χ2n) is 8.95. The topological polar surface area (TPSA) is 95.9 Å². The number of carbonyl (C=O) groups excluding carboxylic acids is 3. The molecule has 0 aromatic carbocycles. The van der Waals surface area contributed by atoms with Crippen molar-refractivity contribution in [3.8, 4) is 0 Å². The Balaban J connectivity index is 2.25. The minimum absolute atomic E-state index is 0.0583. The van der Waals surface area contributed by atoms with Gasteiger partial charge in [0.25, 0.3) is 0 Å². The summed E-state index contributed by atoms with van der Waals surface area (Å²) in [6, 6.07) is -0.585. The predicted octanol–water partition coefficient (Wildman–Crippen LogP) is 3.06. The van der Waals surface area contributed by atoms with Crippen molar-refractivity contribution in [3.05, 3.63) is 12.2 Å². The number of aliphatic hydroxyl groups is 1. The maximum absolute atomic E-state index is 13.6. The van der Waals surface area contributed by atoms with E-state index in [-0.39, 0.29) is 42.8 Å². The van der Waals surface area contributed by atoms with Crippen LogP contribution < -0.4 is 5.32 Å². The zero-order valence-electron chi connectivity index (χ0n) is 20.1. The van der Waals surface area contributed by atoms with E-state index in [0.717, 1.165) is 51.4 Å². The van der Waals surface area contributed by atoms with Gasteiger partial charge in [-0.1, -0.05) is 51.7 Å². The number of amides is 2. The molecule has 0 bridgehead atoms. The zero-order valence-corrected chi connectivity index (χ0v) is 20.1. The molecule has 7 heteroatoms. The number of ether oxygens (including phenoxy) is 1. The minimum Gasteiger partial charge on any atom is -0.466 e. The number of rotatable bonds is 14. The van der Waals surface area contributed by atoms with Gasteiger partial charge in [-0.15, -0.1) is 0 Å². The Labute approximate surface area is 192 Å². The van der Waals surface area contributed by atoms with Crippen LogP contribution in [0.15, 0.2) is 12.2 Å². The van der Waals surface area contributed by atoms with Crippen molar-refractivity contribution in [2.75, 3.05) is 26.3 Å². The molecule has 2 aliphatic rings. The Morgan fingerprint density at radius 1 is 1.06 bits per heavy atom. The van der Waals surface area contributed by atoms with Gasteiger partial charge in [-0.25, -0.2) is 0 Å². The van der Waals surface area contributed by atoms with Crippen molar-refractivity contribution in [2.45, 2.75) is 78.2 Å². The standard InChI is InChI=1S/C25H42N2O5/c1-4-7-10-15-26-23(29)22-19-14-13-18(5-2)20(25(31)32-6-3)21(19)24(30)27(22)16-11-8-9-12-17-28/h13-14,18-22,28H,4-12,15-17H2,1-3H3,(H,26,29)/t18-,19+,20-,21-,22+/m1/s1. The van der Waals surface area contributed by atoms with Crippen molar-refractivity contribution in [3.63, 3.8) is 0 Å². The number of nitrogens with one attached hydrogen (secondary N) is 1. The van der Waals surface area contributed by atoms with E-state index < -0.39 is 17.9 Å². The molecule has 0 aromatic rings. The third kappa shape index (κ3) is 6.33. The lowest BCUT2D eigenvalue weighted by Gasteiger charge is -2.33. The molecule has 1 heterocycles. The van der Waals surface area contributed by atoms with E-state index in [0.29, 0.717) is 13.1 Å². The summed E-state index contributed by atoms with van der Waals surface area (Å²) in [6.45, 7) is 7.44. The van der Waals surface area contributed by atoms with Crippen LogP contribution in [0.25, 0.3) is 0 Å². The second kappa shape index (κ2) is 13.6. The van der Waals surface area contributed by atoms with E-state index >= 15 is 0 Å². The van der Waals surface area contributed by atoms with Gasteiger partial charge in [0.05, 0.1) is 18.4 Å². The molecule has 7 nitrogen and oxygen atoms in total. The van der Waals surface area contributed by atoms with Gasteiger partial charge in [-0.05, 0) is 38.5 Å². The number of likely N-dealkylation sites (tertiary alicyclic amines) is 1. The van der Waals surface area contributed by atoms with Crippen molar-refractivity contribution in [1.29, 1.82) is 0 Å². The van der Waals surface area contributed by atoms with E-state index in [4.69, 9.17) is 9.84 Å². The molecular formula is C25H42N2O5. The number of fused-ring (bicyclic) bond motifs is 1. The summed E-state index contributed by atoms with van der Waals surface area (Å²) in [5, 5.41) is 12.0. The molecule has 32 heavy (non-hydrogen) atoms. The smallest absolute Gasteiger partial charge is 0.310 e. The van der Waals surface area contributed by atoms with Crippen molar-refractivity contribution in [1.82, 2.24) is 10.2 Å². The Morgan fingerprint density at radius 3 is 2.47 bits per heavy atom. The van der Waals surface area contributed by atoms with Crippen LogP contribution in [0.3, 0.4) is 0 Å². The first-order valence-electron chi connectivity index (χ1n) is 12.6. The van der Waals surface area contributed by atoms with E-state index in [9.17, 15) is 14.4 Å². The second-order valence-corrected chi connectivity index (χ2v) is 8.95. The Kier molecular flexibility index (Phi) is 11.2. The SMILES string of the molecule is CCCCCNC(=O)[C@@H]1[C@H]2C=C[C@@H](CC)[C@@H](C(=O)OCC)[C@@H]2C(=O)N1CCCCCCO. The quantitative estimate of drug-likeness (QED) is 0.241. The van der Waals surface area contributed by atoms with Crippen LogP contribution in [0.5, 0.6) is 0 Å². The van der Waals surface area contributed by atoms with Crippen molar-refractivity contribution in [2.24, 2.45) is 23.7 Å². The maximum Gasteiger partial charge on any atom is 0.310 e. The first-order valence-corrected chi connectivity index (χ1v) is 12.6. The third-order valence-electron chi connectivity index (χ3n) is 6.80. The van der Waals surface area contributed by atoms with Gasteiger partial charge >= 0.3 is 5.97 Å². The number of allylic oxidation sites excluding steroid dienone is 1. The number of unbranched alkanes of at least 4 members (excludes halogenated alkanes) is 5. The lowest BCUT2D eigenvalue weighted by molar-refractivity contribution is -0.155. The van der Waals surface area contributed by atoms with Crippen LogP contribution in [-0.4, -0.2) is 60.1 Å². The molecule has 5 atom stereocenters. The number of hydrogen-bond acceptors (Lipinski definition) is 5. The molecule has 2 amide bonds. The molecule has 1 saturated heterocycles. The molecule has 0 aromatic heterocycles. The first-order chi connectivity index (χ1) is 15.5. The summed E-state index contributed by atoms with van der Waals surface area (Å²) in [7, 11) is 0. The fraction of sp³-hybridized carbons (Fsp3) is 0.800. The number of nitrogens with zero attached hydrogens (tertiary/aromatic N) is 1. The van der Waals surface area contributed by atoms with Crippen LogP contribution >= 0.6 is 0 Å². The van der Waals surface area contributed by atoms with Crippen LogP contribution in [0.1, 0.15) is 72.1 Å². The van der Waals surface area contributed by atoms with Crippen molar-refractivity contribution < 1.29 is 24.2 Å². The van der Waals surface area contributed by atoms with Crippen LogP contribution in [-0.2, 0) is 19.1 Å². The normalized spacial score (nSPS) is 26.8. The summed E-state index contributed by atoms with van der Waals surface area (Å²) in [5.41, 5.74) is 0. The maximum atomic E-state index is 13.6. The number of carbonyl (C=O) groups is 3. The molecule has 182 valence electrons. The Morgan fingerprint density at radius 2 is 1.81 bits per heavy atom. The fourth-order valence-electron chi connectivity index (χ4n) is 5.13. The lowest BCUT2D eigenvalue weighted by Crippen LogP contribution is -2.47. The zero-order chi connectivity index (χ0) is 23.5. The summed E-state index contributed by atoms with van der Waals surface area (Å²) >= 11 is 0. The molecule has 0 saturated carbocycles. The van der Waals surface area contributed by atoms with E-state index in [2.05, 4.69) is 12.2 Å². The molecule has 0 unspecified atom stereocenters. The highest BCUT2D eigenvalue weighted by atomic mass is 16.5. The molecule has 1 aliphatic carbocycles. The number of hydrogen-bond donors (Lipinski definition) is 2. The molecule has 2 N–H and O–H groups in total. The summed E-state index contributed by atoms with van der Waals surface area (Å²) in [5.74, 6) is -2.03.